The lowest BCUT2D eigenvalue weighted by molar-refractivity contribution is -0.135. The van der Waals surface area contributed by atoms with Crippen LogP contribution in [0.5, 0.6) is 11.5 Å². The Morgan fingerprint density at radius 1 is 0.976 bits per heavy atom. The average molecular weight is 554 g/mol. The molecule has 0 saturated carbocycles. The van der Waals surface area contributed by atoms with Crippen LogP contribution in [-0.2, 0) is 11.8 Å². The molecule has 41 heavy (non-hydrogen) atoms. The Labute approximate surface area is 241 Å². The van der Waals surface area contributed by atoms with E-state index in [0.29, 0.717) is 17.4 Å². The predicted molar refractivity (Wildman–Crippen MR) is 162 cm³/mol. The number of para-hydroxylation sites is 1. The van der Waals surface area contributed by atoms with Gasteiger partial charge in [-0.1, -0.05) is 38.1 Å². The Balaban J connectivity index is 1.29. The number of carbonyl (C=O) groups is 2. The van der Waals surface area contributed by atoms with Crippen LogP contribution in [0.25, 0.3) is 11.0 Å². The van der Waals surface area contributed by atoms with Gasteiger partial charge in [-0.2, -0.15) is 0 Å². The van der Waals surface area contributed by atoms with E-state index in [4.69, 9.17) is 9.72 Å². The van der Waals surface area contributed by atoms with E-state index < -0.39 is 0 Å². The Morgan fingerprint density at radius 2 is 1.66 bits per heavy atom. The molecule has 0 bridgehead atoms. The molecule has 1 aliphatic heterocycles. The third-order valence-corrected chi connectivity index (χ3v) is 7.77. The van der Waals surface area contributed by atoms with Gasteiger partial charge in [-0.05, 0) is 86.2 Å². The van der Waals surface area contributed by atoms with Crippen molar-refractivity contribution in [2.24, 2.45) is 18.9 Å². The largest absolute Gasteiger partial charge is 0.457 e. The summed E-state index contributed by atoms with van der Waals surface area (Å²) in [6, 6.07) is 22.5. The van der Waals surface area contributed by atoms with Crippen molar-refractivity contribution < 1.29 is 14.3 Å². The zero-order valence-corrected chi connectivity index (χ0v) is 24.3. The monoisotopic (exact) mass is 553 g/mol. The summed E-state index contributed by atoms with van der Waals surface area (Å²) in [6.07, 6.45) is 2.56. The summed E-state index contributed by atoms with van der Waals surface area (Å²) in [4.78, 5) is 32.7. The van der Waals surface area contributed by atoms with Crippen LogP contribution < -0.4 is 15.4 Å². The topological polar surface area (TPSA) is 88.5 Å². The van der Waals surface area contributed by atoms with Crippen LogP contribution in [0, 0.1) is 18.8 Å². The molecule has 3 aromatic carbocycles. The molecule has 1 aliphatic rings. The van der Waals surface area contributed by atoms with Crippen molar-refractivity contribution in [1.82, 2.24) is 19.8 Å². The van der Waals surface area contributed by atoms with E-state index in [1.54, 1.807) is 0 Å². The van der Waals surface area contributed by atoms with E-state index >= 15 is 0 Å². The van der Waals surface area contributed by atoms with Crippen molar-refractivity contribution in [3.8, 4) is 11.5 Å². The Hall–Kier alpha value is -4.33. The molecule has 1 fully saturated rings. The third kappa shape index (κ3) is 6.88. The fraction of sp³-hybridized carbons (Fsp3) is 0.364. The number of likely N-dealkylation sites (tertiary alicyclic amines) is 1. The lowest BCUT2D eigenvalue weighted by Gasteiger charge is -2.34. The highest BCUT2D eigenvalue weighted by molar-refractivity contribution is 5.89. The number of aromatic nitrogens is 2. The normalized spacial score (nSPS) is 14.7. The summed E-state index contributed by atoms with van der Waals surface area (Å²) in [5, 5.41) is 6.18. The maximum atomic E-state index is 13.3. The molecule has 2 N–H and O–H groups in total. The van der Waals surface area contributed by atoms with Crippen molar-refractivity contribution >= 4 is 28.7 Å². The average Bonchev–Trinajstić information content (AvgIpc) is 3.29. The Bertz CT molecular complexity index is 1490. The quantitative estimate of drug-likeness (QED) is 0.251. The standard InChI is InChI=1S/C33H39N5O3/c1-22(2)32(39)38-18-16-24(17-19-38)21-29(31-35-28-15-10-23(3)20-30(28)37(31)4)36-33(40)34-25-11-13-27(14-12-25)41-26-8-6-5-7-9-26/h5-15,20,22,24,29H,16-19,21H2,1-4H3,(H2,34,36,40)/t29-/m0/s1. The second kappa shape index (κ2) is 12.5. The number of aryl methyl sites for hydroxylation is 2. The number of nitrogens with zero attached hydrogens (tertiary/aromatic N) is 3. The number of benzene rings is 3. The number of imidazole rings is 1. The van der Waals surface area contributed by atoms with Crippen LogP contribution in [0.4, 0.5) is 10.5 Å². The number of anilines is 1. The number of urea groups is 1. The van der Waals surface area contributed by atoms with E-state index in [-0.39, 0.29) is 23.9 Å². The molecule has 1 saturated heterocycles. The van der Waals surface area contributed by atoms with Crippen LogP contribution >= 0.6 is 0 Å². The summed E-state index contributed by atoms with van der Waals surface area (Å²) >= 11 is 0. The van der Waals surface area contributed by atoms with Gasteiger partial charge in [0.2, 0.25) is 5.91 Å². The smallest absolute Gasteiger partial charge is 0.319 e. The molecule has 8 heteroatoms. The minimum atomic E-state index is -0.289. The number of hydrogen-bond acceptors (Lipinski definition) is 4. The van der Waals surface area contributed by atoms with Crippen LogP contribution in [0.2, 0.25) is 0 Å². The number of fused-ring (bicyclic) bond motifs is 1. The van der Waals surface area contributed by atoms with Crippen LogP contribution in [0.15, 0.2) is 72.8 Å². The van der Waals surface area contributed by atoms with Gasteiger partial charge in [0.05, 0.1) is 17.1 Å². The molecular formula is C33H39N5O3. The van der Waals surface area contributed by atoms with Gasteiger partial charge in [0.25, 0.3) is 0 Å². The second-order valence-electron chi connectivity index (χ2n) is 11.3. The maximum Gasteiger partial charge on any atom is 0.319 e. The summed E-state index contributed by atoms with van der Waals surface area (Å²) in [7, 11) is 2.01. The molecule has 3 amide bonds. The molecule has 0 aliphatic carbocycles. The van der Waals surface area contributed by atoms with Gasteiger partial charge in [0.15, 0.2) is 0 Å². The van der Waals surface area contributed by atoms with Gasteiger partial charge >= 0.3 is 6.03 Å². The Kier molecular flexibility index (Phi) is 8.57. The van der Waals surface area contributed by atoms with E-state index in [2.05, 4.69) is 34.3 Å². The summed E-state index contributed by atoms with van der Waals surface area (Å²) < 4.78 is 7.95. The first kappa shape index (κ1) is 28.2. The van der Waals surface area contributed by atoms with Crippen molar-refractivity contribution in [2.75, 3.05) is 18.4 Å². The van der Waals surface area contributed by atoms with Gasteiger partial charge in [0, 0.05) is 31.7 Å². The van der Waals surface area contributed by atoms with Gasteiger partial charge in [-0.3, -0.25) is 4.79 Å². The third-order valence-electron chi connectivity index (χ3n) is 7.77. The highest BCUT2D eigenvalue weighted by Gasteiger charge is 2.29. The van der Waals surface area contributed by atoms with E-state index in [0.717, 1.165) is 60.5 Å². The van der Waals surface area contributed by atoms with E-state index in [1.165, 1.54) is 0 Å². The molecule has 0 radical (unpaired) electrons. The van der Waals surface area contributed by atoms with E-state index in [1.807, 2.05) is 86.5 Å². The summed E-state index contributed by atoms with van der Waals surface area (Å²) in [5.41, 5.74) is 3.78. The van der Waals surface area contributed by atoms with Crippen LogP contribution in [-0.4, -0.2) is 39.5 Å². The number of ether oxygens (including phenoxy) is 1. The zero-order valence-electron chi connectivity index (χ0n) is 24.3. The first-order valence-electron chi connectivity index (χ1n) is 14.4. The lowest BCUT2D eigenvalue weighted by atomic mass is 9.89. The first-order valence-corrected chi connectivity index (χ1v) is 14.4. The predicted octanol–water partition coefficient (Wildman–Crippen LogP) is 6.82. The Morgan fingerprint density at radius 3 is 2.34 bits per heavy atom. The number of piperidine rings is 1. The first-order chi connectivity index (χ1) is 19.8. The molecule has 2 heterocycles. The van der Waals surface area contributed by atoms with Crippen molar-refractivity contribution in [1.29, 1.82) is 0 Å². The second-order valence-corrected chi connectivity index (χ2v) is 11.3. The van der Waals surface area contributed by atoms with Gasteiger partial charge < -0.3 is 24.8 Å². The zero-order chi connectivity index (χ0) is 28.9. The highest BCUT2D eigenvalue weighted by Crippen LogP contribution is 2.31. The molecule has 4 aromatic rings. The molecule has 0 unspecified atom stereocenters. The maximum absolute atomic E-state index is 13.3. The molecule has 5 rings (SSSR count). The van der Waals surface area contributed by atoms with Crippen molar-refractivity contribution in [3.05, 3.63) is 84.2 Å². The molecule has 214 valence electrons. The minimum Gasteiger partial charge on any atom is -0.457 e. The fourth-order valence-electron chi connectivity index (χ4n) is 5.50. The SMILES string of the molecule is Cc1ccc2nc([C@H](CC3CCN(C(=O)C(C)C)CC3)NC(=O)Nc3ccc(Oc4ccccc4)cc3)n(C)c2c1. The van der Waals surface area contributed by atoms with Gasteiger partial charge in [-0.15, -0.1) is 0 Å². The van der Waals surface area contributed by atoms with E-state index in [9.17, 15) is 9.59 Å². The van der Waals surface area contributed by atoms with Crippen molar-refractivity contribution in [2.45, 2.75) is 46.1 Å². The molecule has 0 spiro atoms. The summed E-state index contributed by atoms with van der Waals surface area (Å²) in [6.45, 7) is 7.46. The number of hydrogen-bond donors (Lipinski definition) is 2. The lowest BCUT2D eigenvalue weighted by Crippen LogP contribution is -2.42. The fourth-order valence-corrected chi connectivity index (χ4v) is 5.50. The molecule has 8 nitrogen and oxygen atoms in total. The van der Waals surface area contributed by atoms with Gasteiger partial charge in [0.1, 0.15) is 17.3 Å². The highest BCUT2D eigenvalue weighted by atomic mass is 16.5. The molecular weight excluding hydrogens is 514 g/mol. The van der Waals surface area contributed by atoms with Crippen LogP contribution in [0.3, 0.4) is 0 Å². The van der Waals surface area contributed by atoms with Crippen molar-refractivity contribution in [3.63, 3.8) is 0 Å². The molecule has 1 aromatic heterocycles. The minimum absolute atomic E-state index is 0.00656. The number of carbonyl (C=O) groups excluding carboxylic acids is 2. The van der Waals surface area contributed by atoms with Gasteiger partial charge in [-0.25, -0.2) is 9.78 Å². The number of rotatable bonds is 8. The number of amides is 3. The molecule has 1 atom stereocenters. The number of nitrogens with one attached hydrogen (secondary N) is 2. The summed E-state index contributed by atoms with van der Waals surface area (Å²) in [5.74, 6) is 2.86. The van der Waals surface area contributed by atoms with Crippen LogP contribution in [0.1, 0.15) is 50.5 Å².